The van der Waals surface area contributed by atoms with Crippen molar-refractivity contribution in [2.24, 2.45) is 22.2 Å². The fourth-order valence-corrected chi connectivity index (χ4v) is 1.31. The van der Waals surface area contributed by atoms with E-state index in [9.17, 15) is 4.79 Å². The minimum Gasteiger partial charge on any atom is -0.480 e. The number of halogens is 1. The van der Waals surface area contributed by atoms with Crippen LogP contribution < -0.4 is 17.2 Å². The van der Waals surface area contributed by atoms with Crippen molar-refractivity contribution in [3.63, 3.8) is 0 Å². The lowest BCUT2D eigenvalue weighted by atomic mass is 10.0. The maximum atomic E-state index is 10.2. The number of aliphatic carboxylic acids is 1. The van der Waals surface area contributed by atoms with Crippen molar-refractivity contribution in [2.75, 3.05) is 19.8 Å². The fourth-order valence-electron chi connectivity index (χ4n) is 1.31. The van der Waals surface area contributed by atoms with Crippen LogP contribution in [-0.2, 0) is 4.79 Å². The molecule has 152 valence electrons. The van der Waals surface area contributed by atoms with Crippen molar-refractivity contribution in [1.29, 1.82) is 0 Å². The molecule has 0 radical (unpaired) electrons. The van der Waals surface area contributed by atoms with Gasteiger partial charge in [-0.05, 0) is 12.8 Å². The lowest BCUT2D eigenvalue weighted by Gasteiger charge is -2.24. The molecule has 0 aliphatic carbocycles. The number of nitrogens with zero attached hydrogens (tertiary/aromatic N) is 1. The van der Waals surface area contributed by atoms with Crippen LogP contribution in [0.1, 0.15) is 12.8 Å². The highest BCUT2D eigenvalue weighted by molar-refractivity contribution is 5.85. The molecule has 0 heterocycles. The van der Waals surface area contributed by atoms with Gasteiger partial charge in [0.15, 0.2) is 5.96 Å². The van der Waals surface area contributed by atoms with Crippen LogP contribution in [0.4, 0.5) is 0 Å². The number of carbonyl (C=O) groups is 1. The van der Waals surface area contributed by atoms with Gasteiger partial charge >= 0.3 is 5.97 Å². The summed E-state index contributed by atoms with van der Waals surface area (Å²) in [6.45, 7) is -1.03. The van der Waals surface area contributed by atoms with Crippen LogP contribution >= 0.6 is 12.4 Å². The Morgan fingerprint density at radius 2 is 1.36 bits per heavy atom. The van der Waals surface area contributed by atoms with Gasteiger partial charge < -0.3 is 52.9 Å². The third-order valence-electron chi connectivity index (χ3n) is 2.80. The fraction of sp³-hybridized carbons (Fsp3) is 0.833. The number of hydrogen-bond donors (Lipinski definition) is 10. The van der Waals surface area contributed by atoms with Crippen LogP contribution in [0.2, 0.25) is 0 Å². The van der Waals surface area contributed by atoms with E-state index < -0.39 is 49.6 Å². The first-order valence-electron chi connectivity index (χ1n) is 7.06. The number of aliphatic hydroxyl groups excluding tert-OH is 6. The summed E-state index contributed by atoms with van der Waals surface area (Å²) < 4.78 is 0. The number of nitrogens with two attached hydrogens (primary N) is 3. The smallest absolute Gasteiger partial charge is 0.320 e. The van der Waals surface area contributed by atoms with Crippen molar-refractivity contribution >= 4 is 24.3 Å². The molecule has 13 N–H and O–H groups in total. The molecule has 0 rings (SSSR count). The molecule has 0 aliphatic rings. The summed E-state index contributed by atoms with van der Waals surface area (Å²) in [5.74, 6) is -0.987. The summed E-state index contributed by atoms with van der Waals surface area (Å²) in [5, 5.41) is 60.6. The largest absolute Gasteiger partial charge is 0.480 e. The van der Waals surface area contributed by atoms with E-state index in [0.29, 0.717) is 19.4 Å². The highest BCUT2D eigenvalue weighted by Gasteiger charge is 2.29. The molecule has 13 heteroatoms. The normalized spacial score (nSPS) is 16.1. The van der Waals surface area contributed by atoms with Gasteiger partial charge in [0.05, 0.1) is 13.2 Å². The van der Waals surface area contributed by atoms with E-state index in [0.717, 1.165) is 0 Å². The molecule has 12 nitrogen and oxygen atoms in total. The summed E-state index contributed by atoms with van der Waals surface area (Å²) in [6, 6.07) is -0.820. The number of aliphatic hydroxyl groups is 6. The molecule has 0 saturated carbocycles. The predicted octanol–water partition coefficient (Wildman–Crippen LogP) is -4.71. The van der Waals surface area contributed by atoms with Gasteiger partial charge in [0, 0.05) is 6.54 Å². The number of carboxylic acid groups (broad SMARTS) is 1. The molecule has 25 heavy (non-hydrogen) atoms. The number of aliphatic imine (C=N–C) groups is 1. The molecule has 0 aromatic rings. The molecule has 0 aliphatic heterocycles. The van der Waals surface area contributed by atoms with E-state index in [1.165, 1.54) is 0 Å². The quantitative estimate of drug-likeness (QED) is 0.0959. The van der Waals surface area contributed by atoms with Crippen molar-refractivity contribution in [1.82, 2.24) is 0 Å². The molecule has 0 spiro atoms. The Bertz CT molecular complexity index is 359. The van der Waals surface area contributed by atoms with Crippen molar-refractivity contribution < 1.29 is 40.5 Å². The lowest BCUT2D eigenvalue weighted by molar-refractivity contribution is -0.138. The average Bonchev–Trinajstić information content (AvgIpc) is 2.55. The van der Waals surface area contributed by atoms with Gasteiger partial charge in [0.2, 0.25) is 0 Å². The second-order valence-electron chi connectivity index (χ2n) is 4.87. The van der Waals surface area contributed by atoms with E-state index in [1.807, 2.05) is 0 Å². The molecule has 0 fully saturated rings. The molecule has 0 aromatic heterocycles. The first kappa shape index (κ1) is 28.5. The third kappa shape index (κ3) is 14.8. The van der Waals surface area contributed by atoms with Crippen LogP contribution in [0.5, 0.6) is 0 Å². The third-order valence-corrected chi connectivity index (χ3v) is 2.80. The molecule has 0 bridgehead atoms. The van der Waals surface area contributed by atoms with Gasteiger partial charge in [-0.15, -0.1) is 12.4 Å². The number of rotatable bonds is 10. The monoisotopic (exact) mass is 392 g/mol. The molecule has 5 unspecified atom stereocenters. The highest BCUT2D eigenvalue weighted by atomic mass is 35.5. The van der Waals surface area contributed by atoms with Gasteiger partial charge in [0.1, 0.15) is 30.5 Å². The van der Waals surface area contributed by atoms with Gasteiger partial charge in [-0.2, -0.15) is 0 Å². The van der Waals surface area contributed by atoms with E-state index in [2.05, 4.69) is 4.99 Å². The number of carboxylic acids is 1. The van der Waals surface area contributed by atoms with Crippen LogP contribution in [-0.4, -0.2) is 97.9 Å². The first-order valence-corrected chi connectivity index (χ1v) is 7.06. The van der Waals surface area contributed by atoms with Crippen LogP contribution in [0.15, 0.2) is 4.99 Å². The minimum atomic E-state index is -1.67. The first-order chi connectivity index (χ1) is 11.1. The van der Waals surface area contributed by atoms with Crippen molar-refractivity contribution in [2.45, 2.75) is 43.3 Å². The Kier molecular flexibility index (Phi) is 18.5. The Morgan fingerprint density at radius 1 is 0.960 bits per heavy atom. The lowest BCUT2D eigenvalue weighted by Crippen LogP contribution is -2.46. The zero-order valence-electron chi connectivity index (χ0n) is 13.5. The van der Waals surface area contributed by atoms with Gasteiger partial charge in [-0.1, -0.05) is 0 Å². The SMILES string of the molecule is Cl.NC(N)=NCCCC(N)C(=O)O.OCC(O)C(O)C(O)C(O)CO. The molecule has 0 aromatic carbocycles. The summed E-state index contributed by atoms with van der Waals surface area (Å²) in [4.78, 5) is 13.9. The van der Waals surface area contributed by atoms with Gasteiger partial charge in [-0.25, -0.2) is 0 Å². The Hall–Kier alpha value is -1.25. The highest BCUT2D eigenvalue weighted by Crippen LogP contribution is 2.04. The molecule has 5 atom stereocenters. The second-order valence-corrected chi connectivity index (χ2v) is 4.87. The Labute approximate surface area is 151 Å². The van der Waals surface area contributed by atoms with E-state index in [4.69, 9.17) is 52.9 Å². The maximum absolute atomic E-state index is 10.2. The zero-order chi connectivity index (χ0) is 19.3. The molecule has 0 saturated heterocycles. The summed E-state index contributed by atoms with van der Waals surface area (Å²) >= 11 is 0. The minimum absolute atomic E-state index is 0. The van der Waals surface area contributed by atoms with Crippen molar-refractivity contribution in [3.8, 4) is 0 Å². The summed E-state index contributed by atoms with van der Waals surface area (Å²) in [6.07, 6.45) is -5.44. The van der Waals surface area contributed by atoms with Gasteiger partial charge in [0.25, 0.3) is 0 Å². The van der Waals surface area contributed by atoms with E-state index >= 15 is 0 Å². The Balaban J connectivity index is -0.000000372. The standard InChI is InChI=1S/C6H14N4O2.C6H14O6.ClH/c7-4(5(11)12)2-1-3-10-6(8)9;7-1-3(9)5(11)6(12)4(10)2-8;/h4H,1-3,7H2,(H,11,12)(H4,8,9,10);3-12H,1-2H2;1H. The topological polar surface area (TPSA) is 249 Å². The van der Waals surface area contributed by atoms with E-state index in [1.54, 1.807) is 0 Å². The van der Waals surface area contributed by atoms with E-state index in [-0.39, 0.29) is 18.4 Å². The molecular weight excluding hydrogens is 364 g/mol. The predicted molar refractivity (Wildman–Crippen MR) is 91.0 cm³/mol. The molecular formula is C12H29ClN4O8. The van der Waals surface area contributed by atoms with Crippen LogP contribution in [0.3, 0.4) is 0 Å². The average molecular weight is 393 g/mol. The maximum Gasteiger partial charge on any atom is 0.320 e. The second kappa shape index (κ2) is 16.2. The number of guanidine groups is 1. The van der Waals surface area contributed by atoms with Gasteiger partial charge in [-0.3, -0.25) is 9.79 Å². The van der Waals surface area contributed by atoms with Crippen molar-refractivity contribution in [3.05, 3.63) is 0 Å². The Morgan fingerprint density at radius 3 is 1.64 bits per heavy atom. The summed E-state index contributed by atoms with van der Waals surface area (Å²) in [5.41, 5.74) is 15.3. The zero-order valence-corrected chi connectivity index (χ0v) is 14.4. The molecule has 0 amide bonds. The van der Waals surface area contributed by atoms with Crippen LogP contribution in [0.25, 0.3) is 0 Å². The summed E-state index contributed by atoms with van der Waals surface area (Å²) in [7, 11) is 0. The van der Waals surface area contributed by atoms with Crippen LogP contribution in [0, 0.1) is 0 Å². The number of hydrogen-bond acceptors (Lipinski definition) is 9.